The van der Waals surface area contributed by atoms with Gasteiger partial charge in [0.25, 0.3) is 0 Å². The van der Waals surface area contributed by atoms with E-state index in [-0.39, 0.29) is 36.2 Å². The molecule has 0 aromatic carbocycles. The summed E-state index contributed by atoms with van der Waals surface area (Å²) in [6.45, 7) is 4.50. The van der Waals surface area contributed by atoms with E-state index >= 15 is 0 Å². The number of carboxylic acids is 1. The second-order valence-corrected chi connectivity index (χ2v) is 17.7. The average Bonchev–Trinajstić information content (AvgIpc) is 3.24. The predicted molar refractivity (Wildman–Crippen MR) is 266 cm³/mol. The minimum Gasteiger partial charge on any atom is -0.477 e. The summed E-state index contributed by atoms with van der Waals surface area (Å²) < 4.78 is 17.3. The smallest absolute Gasteiger partial charge is 0.362 e. The van der Waals surface area contributed by atoms with E-state index in [0.717, 1.165) is 96.3 Å². The van der Waals surface area contributed by atoms with Crippen LogP contribution in [0.15, 0.2) is 85.1 Å². The van der Waals surface area contributed by atoms with Crippen LogP contribution in [-0.4, -0.2) is 80.6 Å². The van der Waals surface area contributed by atoms with Gasteiger partial charge in [-0.2, -0.15) is 0 Å². The molecule has 0 aliphatic rings. The minimum atomic E-state index is -0.880. The monoisotopic (exact) mass is 881 g/mol. The first-order valence-electron chi connectivity index (χ1n) is 25.1. The largest absolute Gasteiger partial charge is 0.477 e. The number of likely N-dealkylation sites (N-methyl/N-ethyl adjacent to an activating group) is 1. The number of quaternary nitrogens is 1. The maximum Gasteiger partial charge on any atom is 0.362 e. The van der Waals surface area contributed by atoms with Crippen LogP contribution in [0.2, 0.25) is 0 Å². The number of hydrogen-bond donors (Lipinski definition) is 1. The van der Waals surface area contributed by atoms with Crippen molar-refractivity contribution in [2.75, 3.05) is 41.0 Å². The highest BCUT2D eigenvalue weighted by Crippen LogP contribution is 2.15. The molecular weight excluding hydrogens is 787 g/mol. The fourth-order valence-corrected chi connectivity index (χ4v) is 6.98. The van der Waals surface area contributed by atoms with Gasteiger partial charge in [0.15, 0.2) is 12.1 Å². The van der Waals surface area contributed by atoms with Gasteiger partial charge in [-0.25, -0.2) is 4.79 Å². The summed E-state index contributed by atoms with van der Waals surface area (Å²) >= 11 is 0. The number of hydrogen-bond acceptors (Lipinski definition) is 6. The summed E-state index contributed by atoms with van der Waals surface area (Å²) in [4.78, 5) is 37.1. The summed E-state index contributed by atoms with van der Waals surface area (Å²) in [7, 11) is 5.52. The third-order valence-corrected chi connectivity index (χ3v) is 10.8. The summed E-state index contributed by atoms with van der Waals surface area (Å²) in [5.41, 5.74) is 0. The van der Waals surface area contributed by atoms with E-state index in [1.54, 1.807) is 0 Å². The molecule has 0 aromatic rings. The van der Waals surface area contributed by atoms with E-state index in [1.807, 2.05) is 21.1 Å². The number of aliphatic carboxylic acids is 1. The Morgan fingerprint density at radius 2 is 0.841 bits per heavy atom. The van der Waals surface area contributed by atoms with Gasteiger partial charge in [-0.15, -0.1) is 0 Å². The van der Waals surface area contributed by atoms with Crippen LogP contribution in [-0.2, 0) is 28.6 Å². The van der Waals surface area contributed by atoms with Crippen LogP contribution in [0.3, 0.4) is 0 Å². The second-order valence-electron chi connectivity index (χ2n) is 17.7. The number of carboxylic acid groups (broad SMARTS) is 1. The van der Waals surface area contributed by atoms with Crippen molar-refractivity contribution in [1.82, 2.24) is 0 Å². The molecule has 0 fully saturated rings. The Bertz CT molecular complexity index is 1300. The van der Waals surface area contributed by atoms with Crippen LogP contribution in [0.1, 0.15) is 194 Å². The van der Waals surface area contributed by atoms with E-state index in [4.69, 9.17) is 14.2 Å². The molecule has 0 aliphatic carbocycles. The maximum absolute atomic E-state index is 12.8. The number of carbonyl (C=O) groups excluding carboxylic acids is 2. The number of allylic oxidation sites excluding steroid dienone is 14. The van der Waals surface area contributed by atoms with Gasteiger partial charge in [-0.05, 0) is 83.5 Å². The standard InChI is InChI=1S/C55H93NO7/c1-6-8-10-12-14-16-18-20-22-24-25-26-27-28-29-30-32-33-35-37-39-41-43-45-53(57)62-50-51(49-61-48-47-52(55(59)60)56(3,4)5)63-54(58)46-44-42-40-38-36-34-31-23-21-19-17-15-13-11-9-7-2/h8-11,14-17,20-23,25-26,51-52H,6-7,12-13,18-19,24,27-50H2,1-5H3/p+1/b10-8+,11-9+,16-14+,17-15+,22-20+,23-21+,26-25+. The molecule has 0 amide bonds. The highest BCUT2D eigenvalue weighted by Gasteiger charge is 2.31. The molecule has 8 heteroatoms. The van der Waals surface area contributed by atoms with Crippen LogP contribution >= 0.6 is 0 Å². The van der Waals surface area contributed by atoms with Gasteiger partial charge >= 0.3 is 17.9 Å². The minimum absolute atomic E-state index is 0.0504. The number of rotatable bonds is 44. The molecule has 63 heavy (non-hydrogen) atoms. The molecule has 0 aliphatic heterocycles. The Morgan fingerprint density at radius 1 is 0.476 bits per heavy atom. The molecule has 0 rings (SSSR count). The van der Waals surface area contributed by atoms with Crippen molar-refractivity contribution in [3.8, 4) is 0 Å². The molecule has 2 unspecified atom stereocenters. The van der Waals surface area contributed by atoms with E-state index in [1.165, 1.54) is 64.2 Å². The molecule has 0 saturated heterocycles. The van der Waals surface area contributed by atoms with Crippen molar-refractivity contribution in [2.24, 2.45) is 0 Å². The number of unbranched alkanes of at least 4 members (excludes halogenated alkanes) is 16. The van der Waals surface area contributed by atoms with E-state index < -0.39 is 18.1 Å². The second kappa shape index (κ2) is 45.1. The molecule has 0 saturated carbocycles. The molecule has 0 aromatic heterocycles. The van der Waals surface area contributed by atoms with Crippen molar-refractivity contribution in [2.45, 2.75) is 206 Å². The molecule has 0 heterocycles. The molecule has 2 atom stereocenters. The zero-order valence-corrected chi connectivity index (χ0v) is 41.0. The molecule has 360 valence electrons. The lowest BCUT2D eigenvalue weighted by atomic mass is 10.1. The lowest BCUT2D eigenvalue weighted by Crippen LogP contribution is -2.50. The van der Waals surface area contributed by atoms with Crippen LogP contribution in [0.4, 0.5) is 0 Å². The zero-order chi connectivity index (χ0) is 46.3. The first kappa shape index (κ1) is 59.5. The van der Waals surface area contributed by atoms with Gasteiger partial charge in [-0.3, -0.25) is 9.59 Å². The topological polar surface area (TPSA) is 99.1 Å². The van der Waals surface area contributed by atoms with Gasteiger partial charge in [0, 0.05) is 19.3 Å². The summed E-state index contributed by atoms with van der Waals surface area (Å²) in [5.74, 6) is -1.49. The molecule has 1 N–H and O–H groups in total. The van der Waals surface area contributed by atoms with Crippen LogP contribution in [0.5, 0.6) is 0 Å². The maximum atomic E-state index is 12.8. The van der Waals surface area contributed by atoms with Gasteiger partial charge in [-0.1, -0.05) is 176 Å². The quantitative estimate of drug-likeness (QED) is 0.0282. The number of esters is 2. The SMILES string of the molecule is CC/C=C/C/C=C/C/C=C/C/C=C/CCCCCCCCCCCCC(=O)OCC(COCCC(C(=O)O)[N+](C)(C)C)OC(=O)CCCCCCCC/C=C/C/C=C/C/C=C/CC. The van der Waals surface area contributed by atoms with Crippen molar-refractivity contribution >= 4 is 17.9 Å². The fourth-order valence-electron chi connectivity index (χ4n) is 6.98. The highest BCUT2D eigenvalue weighted by molar-refractivity contribution is 5.72. The Kier molecular flexibility index (Phi) is 42.6. The average molecular weight is 881 g/mol. The summed E-state index contributed by atoms with van der Waals surface area (Å²) in [5, 5.41) is 9.65. The first-order chi connectivity index (χ1) is 30.6. The zero-order valence-electron chi connectivity index (χ0n) is 41.0. The van der Waals surface area contributed by atoms with Crippen molar-refractivity contribution in [1.29, 1.82) is 0 Å². The third kappa shape index (κ3) is 43.5. The fraction of sp³-hybridized carbons (Fsp3) is 0.691. The normalized spacial score (nSPS) is 13.6. The van der Waals surface area contributed by atoms with Crippen molar-refractivity contribution in [3.05, 3.63) is 85.1 Å². The van der Waals surface area contributed by atoms with E-state index in [2.05, 4.69) is 98.9 Å². The Balaban J connectivity index is 4.26. The van der Waals surface area contributed by atoms with Crippen LogP contribution in [0.25, 0.3) is 0 Å². The van der Waals surface area contributed by atoms with Gasteiger partial charge in [0.2, 0.25) is 0 Å². The Labute approximate surface area is 386 Å². The van der Waals surface area contributed by atoms with E-state index in [0.29, 0.717) is 19.3 Å². The van der Waals surface area contributed by atoms with Gasteiger partial charge in [0.1, 0.15) is 6.61 Å². The Morgan fingerprint density at radius 3 is 1.24 bits per heavy atom. The Hall–Kier alpha value is -3.49. The predicted octanol–water partition coefficient (Wildman–Crippen LogP) is 14.5. The molecule has 0 radical (unpaired) electrons. The third-order valence-electron chi connectivity index (χ3n) is 10.8. The lowest BCUT2D eigenvalue weighted by molar-refractivity contribution is -0.887. The number of ether oxygens (including phenoxy) is 3. The van der Waals surface area contributed by atoms with Gasteiger partial charge in [0.05, 0.1) is 34.4 Å². The number of carbonyl (C=O) groups is 3. The first-order valence-corrected chi connectivity index (χ1v) is 25.1. The number of nitrogens with zero attached hydrogens (tertiary/aromatic N) is 1. The lowest BCUT2D eigenvalue weighted by Gasteiger charge is -2.31. The molecule has 0 spiro atoms. The van der Waals surface area contributed by atoms with Crippen LogP contribution in [0, 0.1) is 0 Å². The van der Waals surface area contributed by atoms with Gasteiger partial charge < -0.3 is 23.8 Å². The molecule has 0 bridgehead atoms. The summed E-state index contributed by atoms with van der Waals surface area (Å²) in [6, 6.07) is -0.622. The van der Waals surface area contributed by atoms with Crippen LogP contribution < -0.4 is 0 Å². The van der Waals surface area contributed by atoms with Crippen molar-refractivity contribution in [3.63, 3.8) is 0 Å². The summed E-state index contributed by atoms with van der Waals surface area (Å²) in [6.07, 6.45) is 59.1. The highest BCUT2D eigenvalue weighted by atomic mass is 16.6. The van der Waals surface area contributed by atoms with Crippen molar-refractivity contribution < 1.29 is 38.2 Å². The molecule has 8 nitrogen and oxygen atoms in total. The van der Waals surface area contributed by atoms with E-state index in [9.17, 15) is 19.5 Å². The molecular formula is C55H94NO7+.